The van der Waals surface area contributed by atoms with E-state index in [-0.39, 0.29) is 6.61 Å². The highest BCUT2D eigenvalue weighted by atomic mass is 32.2. The average Bonchev–Trinajstić information content (AvgIpc) is 3.02. The predicted octanol–water partition coefficient (Wildman–Crippen LogP) is 3.73. The summed E-state index contributed by atoms with van der Waals surface area (Å²) in [5, 5.41) is 13.6. The van der Waals surface area contributed by atoms with Crippen molar-refractivity contribution in [3.63, 3.8) is 0 Å². The summed E-state index contributed by atoms with van der Waals surface area (Å²) in [6.07, 6.45) is 8.03. The van der Waals surface area contributed by atoms with E-state index >= 15 is 0 Å². The van der Waals surface area contributed by atoms with Crippen LogP contribution in [0.2, 0.25) is 0 Å². The minimum atomic E-state index is 0.265. The van der Waals surface area contributed by atoms with Crippen molar-refractivity contribution in [2.75, 3.05) is 11.9 Å². The molecule has 1 fully saturated rings. The van der Waals surface area contributed by atoms with Crippen LogP contribution in [0.4, 0.5) is 5.82 Å². The van der Waals surface area contributed by atoms with E-state index in [0.717, 1.165) is 29.4 Å². The third kappa shape index (κ3) is 4.69. The van der Waals surface area contributed by atoms with Gasteiger partial charge in [0.15, 0.2) is 0 Å². The second-order valence-electron chi connectivity index (χ2n) is 5.97. The summed E-state index contributed by atoms with van der Waals surface area (Å²) in [7, 11) is 0. The molecule has 0 bridgehead atoms. The van der Waals surface area contributed by atoms with Crippen molar-refractivity contribution in [2.24, 2.45) is 5.92 Å². The monoisotopic (exact) mass is 329 g/mol. The van der Waals surface area contributed by atoms with Crippen molar-refractivity contribution in [2.45, 2.75) is 42.5 Å². The molecule has 122 valence electrons. The summed E-state index contributed by atoms with van der Waals surface area (Å²) in [5.41, 5.74) is 1.29. The zero-order valence-corrected chi connectivity index (χ0v) is 14.0. The fourth-order valence-corrected chi connectivity index (χ4v) is 3.95. The van der Waals surface area contributed by atoms with Gasteiger partial charge in [-0.2, -0.15) is 0 Å². The maximum absolute atomic E-state index is 9.17. The Morgan fingerprint density at radius 1 is 1.17 bits per heavy atom. The normalized spacial score (nSPS) is 20.6. The molecule has 1 saturated carbocycles. The second kappa shape index (κ2) is 8.31. The van der Waals surface area contributed by atoms with Crippen molar-refractivity contribution in [3.8, 4) is 0 Å². The molecular formula is C18H23N3OS. The maximum atomic E-state index is 9.17. The van der Waals surface area contributed by atoms with Crippen LogP contribution >= 0.6 is 11.8 Å². The minimum Gasteiger partial charge on any atom is -0.396 e. The Morgan fingerprint density at radius 2 is 2.04 bits per heavy atom. The lowest BCUT2D eigenvalue weighted by Crippen LogP contribution is -2.25. The van der Waals surface area contributed by atoms with Crippen LogP contribution < -0.4 is 5.32 Å². The Kier molecular flexibility index (Phi) is 5.88. The first-order chi connectivity index (χ1) is 11.3. The molecule has 1 aromatic carbocycles. The Hall–Kier alpha value is -1.59. The lowest BCUT2D eigenvalue weighted by atomic mass is 10.0. The molecule has 2 unspecified atom stereocenters. The SMILES string of the molecule is OCCC1CCCC1Nc1cncc(SCc2ccccc2)n1. The lowest BCUT2D eigenvalue weighted by molar-refractivity contribution is 0.254. The highest BCUT2D eigenvalue weighted by molar-refractivity contribution is 7.98. The Labute approximate surface area is 141 Å². The van der Waals surface area contributed by atoms with Gasteiger partial charge in [-0.25, -0.2) is 4.98 Å². The molecule has 0 spiro atoms. The Balaban J connectivity index is 1.59. The average molecular weight is 329 g/mol. The number of nitrogens with zero attached hydrogens (tertiary/aromatic N) is 2. The molecular weight excluding hydrogens is 306 g/mol. The summed E-state index contributed by atoms with van der Waals surface area (Å²) in [4.78, 5) is 8.99. The zero-order valence-electron chi connectivity index (χ0n) is 13.2. The molecule has 1 aliphatic rings. The van der Waals surface area contributed by atoms with Gasteiger partial charge in [0.1, 0.15) is 10.8 Å². The number of hydrogen-bond acceptors (Lipinski definition) is 5. The van der Waals surface area contributed by atoms with E-state index in [0.29, 0.717) is 12.0 Å². The number of benzene rings is 1. The molecule has 4 nitrogen and oxygen atoms in total. The van der Waals surface area contributed by atoms with E-state index in [9.17, 15) is 5.11 Å². The number of hydrogen-bond donors (Lipinski definition) is 2. The highest BCUT2D eigenvalue weighted by Gasteiger charge is 2.26. The van der Waals surface area contributed by atoms with Gasteiger partial charge in [-0.3, -0.25) is 4.98 Å². The van der Waals surface area contributed by atoms with Crippen LogP contribution in [0.3, 0.4) is 0 Å². The molecule has 1 aromatic heterocycles. The van der Waals surface area contributed by atoms with Gasteiger partial charge in [0, 0.05) is 18.4 Å². The molecule has 5 heteroatoms. The summed E-state index contributed by atoms with van der Waals surface area (Å²) in [6.45, 7) is 0.265. The van der Waals surface area contributed by atoms with E-state index in [1.165, 1.54) is 18.4 Å². The van der Waals surface area contributed by atoms with E-state index in [1.807, 2.05) is 12.3 Å². The van der Waals surface area contributed by atoms with Crippen molar-refractivity contribution in [1.82, 2.24) is 9.97 Å². The number of aliphatic hydroxyl groups excluding tert-OH is 1. The number of thioether (sulfide) groups is 1. The van der Waals surface area contributed by atoms with Gasteiger partial charge in [0.05, 0.1) is 12.4 Å². The smallest absolute Gasteiger partial charge is 0.146 e. The summed E-state index contributed by atoms with van der Waals surface area (Å²) >= 11 is 1.70. The summed E-state index contributed by atoms with van der Waals surface area (Å²) in [6, 6.07) is 10.8. The van der Waals surface area contributed by atoms with Gasteiger partial charge in [-0.15, -0.1) is 11.8 Å². The van der Waals surface area contributed by atoms with Gasteiger partial charge in [-0.1, -0.05) is 36.8 Å². The van der Waals surface area contributed by atoms with Crippen molar-refractivity contribution >= 4 is 17.6 Å². The first kappa shape index (κ1) is 16.3. The fraction of sp³-hybridized carbons (Fsp3) is 0.444. The second-order valence-corrected chi connectivity index (χ2v) is 6.97. The quantitative estimate of drug-likeness (QED) is 0.758. The standard InChI is InChI=1S/C18H23N3OS/c22-10-9-15-7-4-8-16(15)20-17-11-19-12-18(21-17)23-13-14-5-2-1-3-6-14/h1-3,5-6,11-12,15-16,22H,4,7-10,13H2,(H,20,21). The minimum absolute atomic E-state index is 0.265. The molecule has 1 aliphatic carbocycles. The third-order valence-corrected chi connectivity index (χ3v) is 5.30. The predicted molar refractivity (Wildman–Crippen MR) is 94.5 cm³/mol. The molecule has 2 atom stereocenters. The molecule has 0 aliphatic heterocycles. The van der Waals surface area contributed by atoms with Crippen molar-refractivity contribution < 1.29 is 5.11 Å². The molecule has 0 saturated heterocycles. The number of rotatable bonds is 7. The third-order valence-electron chi connectivity index (χ3n) is 4.33. The Morgan fingerprint density at radius 3 is 2.87 bits per heavy atom. The van der Waals surface area contributed by atoms with Crippen LogP contribution in [-0.2, 0) is 5.75 Å². The van der Waals surface area contributed by atoms with Crippen LogP contribution in [0, 0.1) is 5.92 Å². The molecule has 2 N–H and O–H groups in total. The number of aliphatic hydroxyl groups is 1. The fourth-order valence-electron chi connectivity index (χ4n) is 3.15. The van der Waals surface area contributed by atoms with Gasteiger partial charge < -0.3 is 10.4 Å². The molecule has 0 amide bonds. The van der Waals surface area contributed by atoms with Gasteiger partial charge in [-0.05, 0) is 30.7 Å². The zero-order chi connectivity index (χ0) is 15.9. The van der Waals surface area contributed by atoms with Crippen LogP contribution in [0.1, 0.15) is 31.2 Å². The van der Waals surface area contributed by atoms with Crippen molar-refractivity contribution in [1.29, 1.82) is 0 Å². The van der Waals surface area contributed by atoms with E-state index in [4.69, 9.17) is 0 Å². The van der Waals surface area contributed by atoms with Gasteiger partial charge in [0.25, 0.3) is 0 Å². The Bertz CT molecular complexity index is 608. The van der Waals surface area contributed by atoms with Crippen LogP contribution in [0.25, 0.3) is 0 Å². The lowest BCUT2D eigenvalue weighted by Gasteiger charge is -2.20. The number of nitrogens with one attached hydrogen (secondary N) is 1. The van der Waals surface area contributed by atoms with E-state index < -0.39 is 0 Å². The van der Waals surface area contributed by atoms with E-state index in [2.05, 4.69) is 39.6 Å². The summed E-state index contributed by atoms with van der Waals surface area (Å²) in [5.74, 6) is 2.29. The molecule has 3 rings (SSSR count). The van der Waals surface area contributed by atoms with Gasteiger partial charge in [0.2, 0.25) is 0 Å². The number of anilines is 1. The van der Waals surface area contributed by atoms with Crippen molar-refractivity contribution in [3.05, 3.63) is 48.3 Å². The number of aromatic nitrogens is 2. The summed E-state index contributed by atoms with van der Waals surface area (Å²) < 4.78 is 0. The van der Waals surface area contributed by atoms with E-state index in [1.54, 1.807) is 18.0 Å². The first-order valence-electron chi connectivity index (χ1n) is 8.21. The highest BCUT2D eigenvalue weighted by Crippen LogP contribution is 2.30. The van der Waals surface area contributed by atoms with Crippen LogP contribution in [-0.4, -0.2) is 27.7 Å². The maximum Gasteiger partial charge on any atom is 0.146 e. The molecule has 1 heterocycles. The first-order valence-corrected chi connectivity index (χ1v) is 9.20. The topological polar surface area (TPSA) is 58.0 Å². The molecule has 2 aromatic rings. The largest absolute Gasteiger partial charge is 0.396 e. The molecule has 0 radical (unpaired) electrons. The molecule has 23 heavy (non-hydrogen) atoms. The van der Waals surface area contributed by atoms with Crippen LogP contribution in [0.5, 0.6) is 0 Å². The van der Waals surface area contributed by atoms with Crippen LogP contribution in [0.15, 0.2) is 47.8 Å². The van der Waals surface area contributed by atoms with Gasteiger partial charge >= 0.3 is 0 Å².